The standard InChI is InChI=1S/C11H18FN3O3/c1-7(6-16)18-10(8(2)12)15-5-4-9(13-3)14-11(15)17/h4-5,7-8,10,16H,6H2,1-3H3,(H,13,14,17)/t7-,8-,10?/m0/s1. The van der Waals surface area contributed by atoms with Crippen LogP contribution in [-0.4, -0.2) is 40.6 Å². The van der Waals surface area contributed by atoms with Crippen molar-refractivity contribution in [1.29, 1.82) is 0 Å². The van der Waals surface area contributed by atoms with Crippen molar-refractivity contribution in [3.8, 4) is 0 Å². The van der Waals surface area contributed by atoms with E-state index in [0.717, 1.165) is 4.57 Å². The van der Waals surface area contributed by atoms with E-state index in [4.69, 9.17) is 9.84 Å². The van der Waals surface area contributed by atoms with Crippen LogP contribution in [0.2, 0.25) is 0 Å². The van der Waals surface area contributed by atoms with Crippen LogP contribution in [0.25, 0.3) is 0 Å². The molecule has 0 aliphatic heterocycles. The lowest BCUT2D eigenvalue weighted by molar-refractivity contribution is -0.1000. The topological polar surface area (TPSA) is 76.4 Å². The molecule has 0 saturated carbocycles. The molecule has 0 spiro atoms. The molecule has 18 heavy (non-hydrogen) atoms. The van der Waals surface area contributed by atoms with Gasteiger partial charge in [0.05, 0.1) is 12.7 Å². The minimum Gasteiger partial charge on any atom is -0.394 e. The largest absolute Gasteiger partial charge is 0.394 e. The molecule has 3 atom stereocenters. The van der Waals surface area contributed by atoms with Gasteiger partial charge >= 0.3 is 5.69 Å². The average molecular weight is 259 g/mol. The fourth-order valence-electron chi connectivity index (χ4n) is 1.42. The highest BCUT2D eigenvalue weighted by molar-refractivity contribution is 5.30. The molecule has 1 unspecified atom stereocenters. The SMILES string of the molecule is CNc1ccn(C(O[C@@H](C)CO)[C@H](C)F)c(=O)n1. The number of nitrogens with zero attached hydrogens (tertiary/aromatic N) is 2. The van der Waals surface area contributed by atoms with Crippen molar-refractivity contribution in [2.75, 3.05) is 19.0 Å². The van der Waals surface area contributed by atoms with Crippen molar-refractivity contribution in [2.24, 2.45) is 0 Å². The Bertz CT molecular complexity index is 436. The Hall–Kier alpha value is -1.47. The zero-order valence-electron chi connectivity index (χ0n) is 10.6. The van der Waals surface area contributed by atoms with Gasteiger partial charge in [0.25, 0.3) is 0 Å². The summed E-state index contributed by atoms with van der Waals surface area (Å²) in [4.78, 5) is 15.4. The third-order valence-corrected chi connectivity index (χ3v) is 2.38. The Kier molecular flexibility index (Phi) is 5.24. The van der Waals surface area contributed by atoms with Crippen LogP contribution in [-0.2, 0) is 4.74 Å². The van der Waals surface area contributed by atoms with E-state index in [2.05, 4.69) is 10.3 Å². The number of aromatic nitrogens is 2. The van der Waals surface area contributed by atoms with Gasteiger partial charge < -0.3 is 15.2 Å². The normalized spacial score (nSPS) is 16.1. The van der Waals surface area contributed by atoms with E-state index < -0.39 is 24.2 Å². The molecule has 1 rings (SSSR count). The number of nitrogens with one attached hydrogen (secondary N) is 1. The summed E-state index contributed by atoms with van der Waals surface area (Å²) in [5.74, 6) is 0.400. The number of halogens is 1. The predicted octanol–water partition coefficient (Wildman–Crippen LogP) is 0.539. The highest BCUT2D eigenvalue weighted by Crippen LogP contribution is 2.17. The third kappa shape index (κ3) is 3.51. The van der Waals surface area contributed by atoms with Crippen molar-refractivity contribution in [3.63, 3.8) is 0 Å². The second kappa shape index (κ2) is 6.46. The number of aliphatic hydroxyl groups excluding tert-OH is 1. The lowest BCUT2D eigenvalue weighted by Gasteiger charge is -2.24. The first-order valence-corrected chi connectivity index (χ1v) is 5.67. The molecule has 102 valence electrons. The first kappa shape index (κ1) is 14.6. The fourth-order valence-corrected chi connectivity index (χ4v) is 1.42. The van der Waals surface area contributed by atoms with Crippen molar-refractivity contribution in [3.05, 3.63) is 22.7 Å². The van der Waals surface area contributed by atoms with Crippen LogP contribution in [0.5, 0.6) is 0 Å². The monoisotopic (exact) mass is 259 g/mol. The molecule has 1 aromatic rings. The average Bonchev–Trinajstić information content (AvgIpc) is 2.35. The quantitative estimate of drug-likeness (QED) is 0.779. The van der Waals surface area contributed by atoms with Gasteiger partial charge in [0.15, 0.2) is 6.23 Å². The summed E-state index contributed by atoms with van der Waals surface area (Å²) in [6.07, 6.45) is -1.66. The highest BCUT2D eigenvalue weighted by atomic mass is 19.1. The zero-order valence-corrected chi connectivity index (χ0v) is 10.6. The fraction of sp³-hybridized carbons (Fsp3) is 0.636. The lowest BCUT2D eigenvalue weighted by Crippen LogP contribution is -2.35. The Morgan fingerprint density at radius 2 is 2.28 bits per heavy atom. The van der Waals surface area contributed by atoms with Crippen LogP contribution in [0.3, 0.4) is 0 Å². The maximum Gasteiger partial charge on any atom is 0.351 e. The number of alkyl halides is 1. The number of hydrogen-bond donors (Lipinski definition) is 2. The smallest absolute Gasteiger partial charge is 0.351 e. The van der Waals surface area contributed by atoms with Gasteiger partial charge in [0.2, 0.25) is 0 Å². The van der Waals surface area contributed by atoms with Gasteiger partial charge in [0, 0.05) is 13.2 Å². The van der Waals surface area contributed by atoms with Crippen molar-refractivity contribution in [1.82, 2.24) is 9.55 Å². The predicted molar refractivity (Wildman–Crippen MR) is 65.3 cm³/mol. The molecule has 0 bridgehead atoms. The van der Waals surface area contributed by atoms with Crippen molar-refractivity contribution >= 4 is 5.82 Å². The van der Waals surface area contributed by atoms with E-state index in [0.29, 0.717) is 5.82 Å². The number of ether oxygens (including phenoxy) is 1. The molecule has 1 aromatic heterocycles. The first-order chi connectivity index (χ1) is 8.49. The van der Waals surface area contributed by atoms with E-state index in [1.165, 1.54) is 13.1 Å². The summed E-state index contributed by atoms with van der Waals surface area (Å²) >= 11 is 0. The van der Waals surface area contributed by atoms with Crippen LogP contribution in [0.4, 0.5) is 10.2 Å². The Morgan fingerprint density at radius 1 is 1.61 bits per heavy atom. The van der Waals surface area contributed by atoms with E-state index in [9.17, 15) is 9.18 Å². The number of rotatable bonds is 6. The molecule has 2 N–H and O–H groups in total. The molecule has 0 radical (unpaired) electrons. The molecule has 0 amide bonds. The van der Waals surface area contributed by atoms with Gasteiger partial charge in [-0.1, -0.05) is 0 Å². The third-order valence-electron chi connectivity index (χ3n) is 2.38. The van der Waals surface area contributed by atoms with E-state index >= 15 is 0 Å². The van der Waals surface area contributed by atoms with Crippen LogP contribution in [0.15, 0.2) is 17.1 Å². The molecule has 0 aliphatic rings. The van der Waals surface area contributed by atoms with Gasteiger partial charge in [-0.05, 0) is 19.9 Å². The van der Waals surface area contributed by atoms with E-state index in [1.54, 1.807) is 20.0 Å². The molecule has 0 aliphatic carbocycles. The van der Waals surface area contributed by atoms with E-state index in [1.807, 2.05) is 0 Å². The number of aliphatic hydroxyl groups is 1. The lowest BCUT2D eigenvalue weighted by atomic mass is 10.3. The zero-order chi connectivity index (χ0) is 13.7. The summed E-state index contributed by atoms with van der Waals surface area (Å²) in [7, 11) is 1.63. The van der Waals surface area contributed by atoms with Gasteiger partial charge in [0.1, 0.15) is 12.0 Å². The van der Waals surface area contributed by atoms with Crippen LogP contribution in [0, 0.1) is 0 Å². The van der Waals surface area contributed by atoms with Crippen molar-refractivity contribution < 1.29 is 14.2 Å². The molecular formula is C11H18FN3O3. The Labute approximate surface area is 104 Å². The molecule has 7 heteroatoms. The first-order valence-electron chi connectivity index (χ1n) is 5.67. The summed E-state index contributed by atoms with van der Waals surface area (Å²) in [6.45, 7) is 2.63. The Morgan fingerprint density at radius 3 is 2.72 bits per heavy atom. The molecule has 0 aromatic carbocycles. The number of hydrogen-bond acceptors (Lipinski definition) is 5. The molecule has 0 fully saturated rings. The van der Waals surface area contributed by atoms with Gasteiger partial charge in [-0.2, -0.15) is 4.98 Å². The molecule has 6 nitrogen and oxygen atoms in total. The van der Waals surface area contributed by atoms with E-state index in [-0.39, 0.29) is 6.61 Å². The van der Waals surface area contributed by atoms with Crippen LogP contribution >= 0.6 is 0 Å². The summed E-state index contributed by atoms with van der Waals surface area (Å²) in [5, 5.41) is 11.6. The minimum absolute atomic E-state index is 0.250. The molecular weight excluding hydrogens is 241 g/mol. The van der Waals surface area contributed by atoms with Gasteiger partial charge in [-0.15, -0.1) is 0 Å². The van der Waals surface area contributed by atoms with Crippen LogP contribution in [0.1, 0.15) is 20.1 Å². The second-order valence-electron chi connectivity index (χ2n) is 3.95. The highest BCUT2D eigenvalue weighted by Gasteiger charge is 2.23. The maximum atomic E-state index is 13.5. The molecule has 0 saturated heterocycles. The maximum absolute atomic E-state index is 13.5. The number of anilines is 1. The minimum atomic E-state index is -1.40. The second-order valence-corrected chi connectivity index (χ2v) is 3.95. The summed E-state index contributed by atoms with van der Waals surface area (Å²) < 4.78 is 19.8. The Balaban J connectivity index is 3.02. The summed E-state index contributed by atoms with van der Waals surface area (Å²) in [5.41, 5.74) is -0.610. The van der Waals surface area contributed by atoms with Gasteiger partial charge in [-0.3, -0.25) is 4.57 Å². The van der Waals surface area contributed by atoms with Gasteiger partial charge in [-0.25, -0.2) is 9.18 Å². The van der Waals surface area contributed by atoms with Crippen molar-refractivity contribution in [2.45, 2.75) is 32.4 Å². The molecule has 1 heterocycles. The summed E-state index contributed by atoms with van der Waals surface area (Å²) in [6, 6.07) is 1.55. The van der Waals surface area contributed by atoms with Crippen LogP contribution < -0.4 is 11.0 Å².